The molecule has 0 spiro atoms. The smallest absolute Gasteiger partial charge is 0.0873 e. The minimum atomic E-state index is 0.936. The second-order valence-electron chi connectivity index (χ2n) is 8.36. The first kappa shape index (κ1) is 21.8. The number of likely N-dealkylation sites (N-methyl/N-ethyl adjacent to an activating group) is 1. The Morgan fingerprint density at radius 2 is 2.06 bits per heavy atom. The number of allylic oxidation sites excluding steroid dienone is 6. The fourth-order valence-corrected chi connectivity index (χ4v) is 4.09. The van der Waals surface area contributed by atoms with Crippen LogP contribution in [0.2, 0.25) is 0 Å². The maximum atomic E-state index is 4.75. The molecule has 0 fully saturated rings. The number of nitrogens with zero attached hydrogens (tertiary/aromatic N) is 2. The number of aromatic nitrogens is 1. The molecule has 2 aliphatic rings. The second-order valence-corrected chi connectivity index (χ2v) is 8.36. The van der Waals surface area contributed by atoms with Crippen LogP contribution in [0.4, 0.5) is 0 Å². The van der Waals surface area contributed by atoms with E-state index in [2.05, 4.69) is 85.4 Å². The molecule has 0 radical (unpaired) electrons. The summed E-state index contributed by atoms with van der Waals surface area (Å²) in [6.45, 7) is 10.5. The van der Waals surface area contributed by atoms with Crippen molar-refractivity contribution in [2.45, 2.75) is 20.3 Å². The summed E-state index contributed by atoms with van der Waals surface area (Å²) in [5, 5.41) is 5.61. The largest absolute Gasteiger partial charge is 0.359 e. The predicted molar refractivity (Wildman–Crippen MR) is 137 cm³/mol. The Labute approximate surface area is 191 Å². The molecule has 2 aromatic rings. The van der Waals surface area contributed by atoms with Crippen LogP contribution in [0.25, 0.3) is 23.9 Å². The monoisotopic (exact) mass is 421 g/mol. The van der Waals surface area contributed by atoms with Gasteiger partial charge < -0.3 is 10.2 Å². The molecule has 0 saturated carbocycles. The van der Waals surface area contributed by atoms with Crippen LogP contribution in [0, 0.1) is 6.92 Å². The number of hydrogen-bond donors (Lipinski definition) is 1. The molecule has 1 aromatic carbocycles. The van der Waals surface area contributed by atoms with Gasteiger partial charge in [0.1, 0.15) is 0 Å². The van der Waals surface area contributed by atoms with Crippen LogP contribution in [-0.2, 0) is 0 Å². The van der Waals surface area contributed by atoms with Crippen molar-refractivity contribution in [3.05, 3.63) is 112 Å². The van der Waals surface area contributed by atoms with E-state index in [1.165, 1.54) is 11.1 Å². The highest BCUT2D eigenvalue weighted by Crippen LogP contribution is 2.26. The molecule has 0 unspecified atom stereocenters. The van der Waals surface area contributed by atoms with Gasteiger partial charge in [0, 0.05) is 30.6 Å². The van der Waals surface area contributed by atoms with Gasteiger partial charge in [-0.2, -0.15) is 0 Å². The van der Waals surface area contributed by atoms with E-state index in [-0.39, 0.29) is 0 Å². The molecule has 4 rings (SSSR count). The van der Waals surface area contributed by atoms with E-state index >= 15 is 0 Å². The van der Waals surface area contributed by atoms with E-state index in [9.17, 15) is 0 Å². The summed E-state index contributed by atoms with van der Waals surface area (Å²) >= 11 is 0. The number of rotatable bonds is 4. The minimum absolute atomic E-state index is 0.936. The highest BCUT2D eigenvalue weighted by Gasteiger charge is 2.13. The molecule has 1 aromatic heterocycles. The Balaban J connectivity index is 1.82. The predicted octanol–water partition coefficient (Wildman–Crippen LogP) is 4.33. The maximum Gasteiger partial charge on any atom is 0.0873 e. The van der Waals surface area contributed by atoms with E-state index in [4.69, 9.17) is 4.98 Å². The molecular weight excluding hydrogens is 390 g/mol. The van der Waals surface area contributed by atoms with Gasteiger partial charge in [-0.3, -0.25) is 4.98 Å². The second kappa shape index (κ2) is 9.80. The lowest BCUT2D eigenvalue weighted by Crippen LogP contribution is -2.26. The fourth-order valence-electron chi connectivity index (χ4n) is 4.09. The quantitative estimate of drug-likeness (QED) is 0.796. The zero-order chi connectivity index (χ0) is 22.5. The molecule has 0 aliphatic carbocycles. The molecule has 0 atom stereocenters. The molecule has 3 heterocycles. The SMILES string of the molecule is C=c1ccc(C2=C(c3cccc(C)n3)NC=CC=C2)c/c1=C/C(=C\C)C1=CCN(C)CC1. The van der Waals surface area contributed by atoms with Crippen molar-refractivity contribution in [2.24, 2.45) is 0 Å². The van der Waals surface area contributed by atoms with Crippen molar-refractivity contribution in [1.82, 2.24) is 15.2 Å². The Morgan fingerprint density at radius 1 is 1.19 bits per heavy atom. The summed E-state index contributed by atoms with van der Waals surface area (Å²) in [6.07, 6.45) is 16.1. The van der Waals surface area contributed by atoms with Crippen LogP contribution < -0.4 is 15.8 Å². The van der Waals surface area contributed by atoms with Gasteiger partial charge in [-0.1, -0.05) is 49.1 Å². The number of nitrogens with one attached hydrogen (secondary N) is 1. The number of benzene rings is 1. The van der Waals surface area contributed by atoms with Gasteiger partial charge >= 0.3 is 0 Å². The van der Waals surface area contributed by atoms with Crippen LogP contribution in [0.15, 0.2) is 84.1 Å². The van der Waals surface area contributed by atoms with Gasteiger partial charge in [0.05, 0.1) is 11.4 Å². The number of hydrogen-bond acceptors (Lipinski definition) is 3. The first-order valence-corrected chi connectivity index (χ1v) is 11.2. The van der Waals surface area contributed by atoms with Crippen molar-refractivity contribution in [3.8, 4) is 0 Å². The van der Waals surface area contributed by atoms with Crippen LogP contribution >= 0.6 is 0 Å². The van der Waals surface area contributed by atoms with Crippen LogP contribution in [0.3, 0.4) is 0 Å². The van der Waals surface area contributed by atoms with E-state index in [0.717, 1.165) is 58.2 Å². The van der Waals surface area contributed by atoms with Crippen LogP contribution in [0.5, 0.6) is 0 Å². The lowest BCUT2D eigenvalue weighted by atomic mass is 9.96. The van der Waals surface area contributed by atoms with E-state index < -0.39 is 0 Å². The third kappa shape index (κ3) is 4.90. The van der Waals surface area contributed by atoms with Gasteiger partial charge in [0.25, 0.3) is 0 Å². The molecule has 2 aliphatic heterocycles. The Bertz CT molecular complexity index is 1270. The Morgan fingerprint density at radius 3 is 2.81 bits per heavy atom. The lowest BCUT2D eigenvalue weighted by molar-refractivity contribution is 0.361. The standard InChI is InChI=1S/C29H31N3/c1-5-23(24-14-17-32(4)18-15-24)19-26-20-25(13-12-21(26)2)27-10-6-7-16-30-29(27)28-11-8-9-22(3)31-28/h5-14,16,19-20,30H,2,15,17-18H2,1,3-4H3/b23-5+,26-19-. The number of pyridine rings is 1. The topological polar surface area (TPSA) is 28.2 Å². The minimum Gasteiger partial charge on any atom is -0.359 e. The summed E-state index contributed by atoms with van der Waals surface area (Å²) in [7, 11) is 2.17. The van der Waals surface area contributed by atoms with E-state index in [1.54, 1.807) is 0 Å². The normalized spacial score (nSPS) is 17.9. The van der Waals surface area contributed by atoms with Crippen molar-refractivity contribution >= 4 is 23.9 Å². The molecule has 0 amide bonds. The van der Waals surface area contributed by atoms with Crippen molar-refractivity contribution in [3.63, 3.8) is 0 Å². The third-order valence-electron chi connectivity index (χ3n) is 5.97. The average Bonchev–Trinajstić information content (AvgIpc) is 3.05. The van der Waals surface area contributed by atoms with E-state index in [0.29, 0.717) is 0 Å². The molecule has 0 bridgehead atoms. The van der Waals surface area contributed by atoms with Gasteiger partial charge in [0.2, 0.25) is 0 Å². The van der Waals surface area contributed by atoms with Crippen LogP contribution in [0.1, 0.15) is 30.3 Å². The lowest BCUT2D eigenvalue weighted by Gasteiger charge is -2.22. The molecule has 32 heavy (non-hydrogen) atoms. The van der Waals surface area contributed by atoms with Gasteiger partial charge in [-0.25, -0.2) is 0 Å². The zero-order valence-electron chi connectivity index (χ0n) is 19.2. The van der Waals surface area contributed by atoms with Crippen molar-refractivity contribution in [1.29, 1.82) is 0 Å². The molecule has 3 heteroatoms. The molecule has 162 valence electrons. The number of aryl methyl sites for hydroxylation is 1. The molecule has 0 saturated heterocycles. The maximum absolute atomic E-state index is 4.75. The first-order chi connectivity index (χ1) is 15.5. The zero-order valence-corrected chi connectivity index (χ0v) is 19.2. The molecular formula is C29H31N3. The summed E-state index contributed by atoms with van der Waals surface area (Å²) in [5.41, 5.74) is 7.90. The Kier molecular flexibility index (Phi) is 6.67. The average molecular weight is 422 g/mol. The summed E-state index contributed by atoms with van der Waals surface area (Å²) in [6, 6.07) is 12.6. The summed E-state index contributed by atoms with van der Waals surface area (Å²) in [4.78, 5) is 7.10. The van der Waals surface area contributed by atoms with Crippen molar-refractivity contribution < 1.29 is 0 Å². The fraction of sp³-hybridized carbons (Fsp3) is 0.207. The van der Waals surface area contributed by atoms with Gasteiger partial charge in [-0.05, 0) is 84.8 Å². The first-order valence-electron chi connectivity index (χ1n) is 11.2. The molecule has 1 N–H and O–H groups in total. The third-order valence-corrected chi connectivity index (χ3v) is 5.97. The van der Waals surface area contributed by atoms with Gasteiger partial charge in [0.15, 0.2) is 0 Å². The van der Waals surface area contributed by atoms with Gasteiger partial charge in [-0.15, -0.1) is 0 Å². The highest BCUT2D eigenvalue weighted by molar-refractivity contribution is 5.94. The highest BCUT2D eigenvalue weighted by atomic mass is 15.1. The molecule has 3 nitrogen and oxygen atoms in total. The van der Waals surface area contributed by atoms with Crippen molar-refractivity contribution in [2.75, 3.05) is 20.1 Å². The summed E-state index contributed by atoms with van der Waals surface area (Å²) < 4.78 is 0. The Hall–Kier alpha value is -3.43. The van der Waals surface area contributed by atoms with Crippen LogP contribution in [-0.4, -0.2) is 30.0 Å². The van der Waals surface area contributed by atoms with E-state index in [1.807, 2.05) is 31.3 Å². The summed E-state index contributed by atoms with van der Waals surface area (Å²) in [5.74, 6) is 0.